The first-order chi connectivity index (χ1) is 13.5. The van der Waals surface area contributed by atoms with E-state index in [4.69, 9.17) is 4.74 Å². The summed E-state index contributed by atoms with van der Waals surface area (Å²) < 4.78 is 5.99. The van der Waals surface area contributed by atoms with Crippen LogP contribution < -0.4 is 10.6 Å². The van der Waals surface area contributed by atoms with E-state index in [0.29, 0.717) is 26.1 Å². The maximum Gasteiger partial charge on any atom is 0.234 e. The molecule has 0 radical (unpaired) electrons. The Morgan fingerprint density at radius 1 is 1.29 bits per heavy atom. The van der Waals surface area contributed by atoms with Gasteiger partial charge in [0.25, 0.3) is 0 Å². The summed E-state index contributed by atoms with van der Waals surface area (Å²) in [4.78, 5) is 30.9. The molecule has 3 atom stereocenters. The zero-order valence-corrected chi connectivity index (χ0v) is 17.3. The van der Waals surface area contributed by atoms with Gasteiger partial charge in [-0.25, -0.2) is 0 Å². The topological polar surface area (TPSA) is 83.6 Å². The zero-order chi connectivity index (χ0) is 20.4. The van der Waals surface area contributed by atoms with Gasteiger partial charge in [-0.05, 0) is 51.9 Å². The van der Waals surface area contributed by atoms with Gasteiger partial charge in [-0.2, -0.15) is 0 Å². The molecule has 28 heavy (non-hydrogen) atoms. The molecule has 1 saturated carbocycles. The lowest BCUT2D eigenvalue weighted by atomic mass is 9.83. The Morgan fingerprint density at radius 2 is 2.11 bits per heavy atom. The molecule has 1 fully saturated rings. The third-order valence-corrected chi connectivity index (χ3v) is 4.91. The second-order valence-electron chi connectivity index (χ2n) is 7.69. The van der Waals surface area contributed by atoms with Gasteiger partial charge < -0.3 is 20.3 Å². The van der Waals surface area contributed by atoms with Gasteiger partial charge in [-0.1, -0.05) is 13.0 Å². The van der Waals surface area contributed by atoms with Gasteiger partial charge in [0.05, 0.1) is 18.7 Å². The molecule has 2 amide bonds. The van der Waals surface area contributed by atoms with E-state index in [9.17, 15) is 9.59 Å². The van der Waals surface area contributed by atoms with E-state index >= 15 is 0 Å². The number of rotatable bonds is 10. The Labute approximate surface area is 168 Å². The van der Waals surface area contributed by atoms with Crippen molar-refractivity contribution in [3.8, 4) is 0 Å². The largest absolute Gasteiger partial charge is 0.376 e. The molecule has 1 aliphatic carbocycles. The first-order valence-electron chi connectivity index (χ1n) is 10.2. The highest BCUT2D eigenvalue weighted by Crippen LogP contribution is 2.27. The molecule has 0 spiro atoms. The predicted molar refractivity (Wildman–Crippen MR) is 109 cm³/mol. The van der Waals surface area contributed by atoms with E-state index in [1.807, 2.05) is 37.2 Å². The van der Waals surface area contributed by atoms with Crippen molar-refractivity contribution in [2.45, 2.75) is 51.2 Å². The molecule has 0 aliphatic heterocycles. The molecule has 1 aromatic heterocycles. The van der Waals surface area contributed by atoms with Crippen molar-refractivity contribution >= 4 is 11.8 Å². The van der Waals surface area contributed by atoms with E-state index in [-0.39, 0.29) is 29.9 Å². The minimum absolute atomic E-state index is 0.00152. The summed E-state index contributed by atoms with van der Waals surface area (Å²) in [6.07, 6.45) is 5.43. The molecule has 0 aromatic carbocycles. The van der Waals surface area contributed by atoms with E-state index < -0.39 is 0 Å². The number of carbonyl (C=O) groups is 2. The minimum atomic E-state index is -0.119. The third kappa shape index (κ3) is 7.56. The number of ether oxygens (including phenoxy) is 1. The smallest absolute Gasteiger partial charge is 0.234 e. The van der Waals surface area contributed by atoms with Crippen molar-refractivity contribution in [3.63, 3.8) is 0 Å². The molecule has 0 unspecified atom stereocenters. The zero-order valence-electron chi connectivity index (χ0n) is 17.3. The van der Waals surface area contributed by atoms with Crippen LogP contribution in [-0.2, 0) is 20.7 Å². The molecule has 7 heteroatoms. The first kappa shape index (κ1) is 22.3. The highest BCUT2D eigenvalue weighted by molar-refractivity contribution is 5.79. The van der Waals surface area contributed by atoms with Crippen LogP contribution in [0.2, 0.25) is 0 Å². The van der Waals surface area contributed by atoms with Crippen molar-refractivity contribution in [1.82, 2.24) is 20.5 Å². The Balaban J connectivity index is 1.84. The molecule has 156 valence electrons. The van der Waals surface area contributed by atoms with Crippen LogP contribution in [0.25, 0.3) is 0 Å². The van der Waals surface area contributed by atoms with Crippen molar-refractivity contribution in [1.29, 1.82) is 0 Å². The fourth-order valence-corrected chi connectivity index (χ4v) is 3.53. The van der Waals surface area contributed by atoms with Gasteiger partial charge in [0.2, 0.25) is 11.8 Å². The fourth-order valence-electron chi connectivity index (χ4n) is 3.53. The van der Waals surface area contributed by atoms with Crippen LogP contribution in [0.15, 0.2) is 24.4 Å². The summed E-state index contributed by atoms with van der Waals surface area (Å²) in [5.74, 6) is -0.00921. The fraction of sp³-hybridized carbons (Fsp3) is 0.667. The number of hydrogen-bond donors (Lipinski definition) is 2. The molecular formula is C21H34N4O3. The Kier molecular flexibility index (Phi) is 9.37. The van der Waals surface area contributed by atoms with Gasteiger partial charge in [-0.15, -0.1) is 0 Å². The molecule has 1 aliphatic rings. The number of likely N-dealkylation sites (N-methyl/N-ethyl adjacent to an activating group) is 1. The monoisotopic (exact) mass is 390 g/mol. The van der Waals surface area contributed by atoms with E-state index in [1.165, 1.54) is 0 Å². The van der Waals surface area contributed by atoms with Gasteiger partial charge in [0.1, 0.15) is 0 Å². The van der Waals surface area contributed by atoms with E-state index in [0.717, 1.165) is 31.4 Å². The number of nitrogens with one attached hydrogen (secondary N) is 2. The van der Waals surface area contributed by atoms with E-state index in [1.54, 1.807) is 6.20 Å². The SMILES string of the molecule is CCCO[C@@H]1C[C@@H](C(=O)NCCc2ccccn2)CC[C@H]1NC(=O)CN(C)C. The maximum atomic E-state index is 12.6. The standard InChI is InChI=1S/C21H34N4O3/c1-4-13-28-19-14-16(8-9-18(19)24-20(26)15-25(2)3)21(27)23-12-10-17-7-5-6-11-22-17/h5-7,11,16,18-19H,4,8-10,12-15H2,1-3H3,(H,23,27)(H,24,26)/t16-,18+,19+/m0/s1. The average molecular weight is 391 g/mol. The second kappa shape index (κ2) is 11.8. The van der Waals surface area contributed by atoms with Crippen LogP contribution in [0.5, 0.6) is 0 Å². The molecule has 0 bridgehead atoms. The van der Waals surface area contributed by atoms with Crippen LogP contribution in [-0.4, -0.2) is 67.6 Å². The van der Waals surface area contributed by atoms with Gasteiger partial charge >= 0.3 is 0 Å². The number of hydrogen-bond acceptors (Lipinski definition) is 5. The molecule has 1 heterocycles. The molecule has 2 N–H and O–H groups in total. The lowest BCUT2D eigenvalue weighted by molar-refractivity contribution is -0.129. The van der Waals surface area contributed by atoms with Crippen molar-refractivity contribution < 1.29 is 14.3 Å². The Bertz CT molecular complexity index is 609. The second-order valence-corrected chi connectivity index (χ2v) is 7.69. The van der Waals surface area contributed by atoms with Crippen LogP contribution in [0.4, 0.5) is 0 Å². The van der Waals surface area contributed by atoms with Gasteiger partial charge in [-0.3, -0.25) is 14.6 Å². The summed E-state index contributed by atoms with van der Waals surface area (Å²) in [5.41, 5.74) is 0.972. The average Bonchev–Trinajstić information content (AvgIpc) is 2.67. The molecule has 7 nitrogen and oxygen atoms in total. The molecule has 2 rings (SSSR count). The maximum absolute atomic E-state index is 12.6. The normalized spacial score (nSPS) is 22.1. The molecule has 0 saturated heterocycles. The number of amides is 2. The summed E-state index contributed by atoms with van der Waals surface area (Å²) >= 11 is 0. The number of pyridine rings is 1. The Morgan fingerprint density at radius 3 is 2.79 bits per heavy atom. The van der Waals surface area contributed by atoms with Gasteiger partial charge in [0.15, 0.2) is 0 Å². The Hall–Kier alpha value is -1.99. The van der Waals surface area contributed by atoms with Crippen molar-refractivity contribution in [2.24, 2.45) is 5.92 Å². The van der Waals surface area contributed by atoms with Crippen molar-refractivity contribution in [3.05, 3.63) is 30.1 Å². The lowest BCUT2D eigenvalue weighted by Gasteiger charge is -2.36. The summed E-state index contributed by atoms with van der Waals surface area (Å²) in [7, 11) is 3.74. The van der Waals surface area contributed by atoms with Gasteiger partial charge in [0, 0.05) is 37.4 Å². The van der Waals surface area contributed by atoms with Crippen LogP contribution in [0.1, 0.15) is 38.3 Å². The quantitative estimate of drug-likeness (QED) is 0.631. The first-order valence-corrected chi connectivity index (χ1v) is 10.2. The number of nitrogens with zero attached hydrogens (tertiary/aromatic N) is 2. The molecule has 1 aromatic rings. The minimum Gasteiger partial charge on any atom is -0.376 e. The van der Waals surface area contributed by atoms with Crippen LogP contribution in [0.3, 0.4) is 0 Å². The van der Waals surface area contributed by atoms with Crippen LogP contribution in [0, 0.1) is 5.92 Å². The summed E-state index contributed by atoms with van der Waals surface area (Å²) in [5, 5.41) is 6.12. The summed E-state index contributed by atoms with van der Waals surface area (Å²) in [6, 6.07) is 5.76. The highest BCUT2D eigenvalue weighted by Gasteiger charge is 2.35. The summed E-state index contributed by atoms with van der Waals surface area (Å²) in [6.45, 7) is 3.63. The van der Waals surface area contributed by atoms with Crippen molar-refractivity contribution in [2.75, 3.05) is 33.8 Å². The van der Waals surface area contributed by atoms with E-state index in [2.05, 4.69) is 22.5 Å². The lowest BCUT2D eigenvalue weighted by Crippen LogP contribution is -2.51. The van der Waals surface area contributed by atoms with Crippen LogP contribution >= 0.6 is 0 Å². The number of aromatic nitrogens is 1. The number of carbonyl (C=O) groups excluding carboxylic acids is 2. The highest BCUT2D eigenvalue weighted by atomic mass is 16.5. The third-order valence-electron chi connectivity index (χ3n) is 4.91. The molecular weight excluding hydrogens is 356 g/mol. The predicted octanol–water partition coefficient (Wildman–Crippen LogP) is 1.38.